The van der Waals surface area contributed by atoms with Crippen LogP contribution in [0.3, 0.4) is 0 Å². The molecule has 0 aliphatic carbocycles. The molecule has 2 rings (SSSR count). The Kier molecular flexibility index (Phi) is 6.08. The molecule has 0 fully saturated rings. The molecule has 0 bridgehead atoms. The fraction of sp³-hybridized carbons (Fsp3) is 0.235. The van der Waals surface area contributed by atoms with Gasteiger partial charge in [-0.3, -0.25) is 4.79 Å². The molecule has 126 valence electrons. The third-order valence-corrected chi connectivity index (χ3v) is 4.06. The van der Waals surface area contributed by atoms with Gasteiger partial charge in [0.25, 0.3) is 0 Å². The van der Waals surface area contributed by atoms with Crippen molar-refractivity contribution in [2.75, 3.05) is 11.9 Å². The molecule has 0 radical (unpaired) electrons. The minimum atomic E-state index is -1.30. The highest BCUT2D eigenvalue weighted by Crippen LogP contribution is 2.36. The number of hydrogen-bond acceptors (Lipinski definition) is 6. The van der Waals surface area contributed by atoms with Crippen LogP contribution in [0.4, 0.5) is 5.00 Å². The first kappa shape index (κ1) is 17.7. The fourth-order valence-corrected chi connectivity index (χ4v) is 3.06. The van der Waals surface area contributed by atoms with Gasteiger partial charge in [0, 0.05) is 23.3 Å². The summed E-state index contributed by atoms with van der Waals surface area (Å²) < 4.78 is 5.08. The van der Waals surface area contributed by atoms with Crippen molar-refractivity contribution < 1.29 is 24.2 Å². The number of carbonyl (C=O) groups excluding carboxylic acids is 3. The van der Waals surface area contributed by atoms with Crippen molar-refractivity contribution in [1.82, 2.24) is 0 Å². The maximum Gasteiger partial charge on any atom is 0.341 e. The molecule has 1 amide bonds. The molecular formula is C17H16NO5S-. The summed E-state index contributed by atoms with van der Waals surface area (Å²) in [6, 6.07) is 9.27. The fourth-order valence-electron chi connectivity index (χ4n) is 2.09. The molecule has 7 heteroatoms. The molecule has 0 atom stereocenters. The lowest BCUT2D eigenvalue weighted by Gasteiger charge is -2.09. The van der Waals surface area contributed by atoms with Gasteiger partial charge in [-0.15, -0.1) is 11.3 Å². The molecule has 0 saturated carbocycles. The Labute approximate surface area is 143 Å². The van der Waals surface area contributed by atoms with Crippen LogP contribution in [0.5, 0.6) is 0 Å². The Morgan fingerprint density at radius 3 is 2.50 bits per heavy atom. The first-order valence-electron chi connectivity index (χ1n) is 7.36. The molecule has 0 saturated heterocycles. The van der Waals surface area contributed by atoms with Gasteiger partial charge in [-0.25, -0.2) is 4.79 Å². The van der Waals surface area contributed by atoms with E-state index in [0.717, 1.165) is 5.56 Å². The van der Waals surface area contributed by atoms with Crippen molar-refractivity contribution in [2.45, 2.75) is 19.8 Å². The second kappa shape index (κ2) is 8.26. The molecule has 2 aromatic rings. The van der Waals surface area contributed by atoms with Crippen LogP contribution in [0, 0.1) is 0 Å². The number of carboxylic acids is 1. The summed E-state index contributed by atoms with van der Waals surface area (Å²) in [6.07, 6.45) is -0.597. The van der Waals surface area contributed by atoms with E-state index < -0.39 is 17.8 Å². The van der Waals surface area contributed by atoms with Gasteiger partial charge in [-0.1, -0.05) is 30.3 Å². The van der Waals surface area contributed by atoms with Gasteiger partial charge in [0.15, 0.2) is 0 Å². The Morgan fingerprint density at radius 1 is 1.17 bits per heavy atom. The number of carboxylic acid groups (broad SMARTS) is 1. The monoisotopic (exact) mass is 346 g/mol. The molecule has 1 aromatic heterocycles. The number of benzene rings is 1. The predicted molar refractivity (Wildman–Crippen MR) is 88.6 cm³/mol. The van der Waals surface area contributed by atoms with E-state index in [9.17, 15) is 19.5 Å². The second-order valence-electron chi connectivity index (χ2n) is 4.86. The largest absolute Gasteiger partial charge is 0.550 e. The quantitative estimate of drug-likeness (QED) is 0.774. The summed E-state index contributed by atoms with van der Waals surface area (Å²) in [4.78, 5) is 34.6. The molecule has 24 heavy (non-hydrogen) atoms. The van der Waals surface area contributed by atoms with Gasteiger partial charge in [0.2, 0.25) is 5.91 Å². The zero-order chi connectivity index (χ0) is 17.5. The maximum atomic E-state index is 12.3. The lowest BCUT2D eigenvalue weighted by molar-refractivity contribution is -0.305. The van der Waals surface area contributed by atoms with Crippen molar-refractivity contribution >= 4 is 34.2 Å². The van der Waals surface area contributed by atoms with Gasteiger partial charge in [-0.05, 0) is 18.9 Å². The van der Waals surface area contributed by atoms with Crippen LogP contribution in [-0.4, -0.2) is 24.5 Å². The Hall–Kier alpha value is -2.67. The number of amides is 1. The molecule has 0 aliphatic heterocycles. The van der Waals surface area contributed by atoms with E-state index in [1.165, 1.54) is 11.3 Å². The molecule has 1 heterocycles. The highest BCUT2D eigenvalue weighted by Gasteiger charge is 2.22. The number of esters is 1. The topological polar surface area (TPSA) is 95.5 Å². The van der Waals surface area contributed by atoms with Crippen LogP contribution in [0.25, 0.3) is 11.1 Å². The number of thiophene rings is 1. The lowest BCUT2D eigenvalue weighted by atomic mass is 10.0. The third-order valence-electron chi connectivity index (χ3n) is 3.16. The van der Waals surface area contributed by atoms with Crippen molar-refractivity contribution in [3.8, 4) is 11.1 Å². The number of ether oxygens (including phenoxy) is 1. The highest BCUT2D eigenvalue weighted by molar-refractivity contribution is 7.15. The van der Waals surface area contributed by atoms with E-state index in [1.54, 1.807) is 12.3 Å². The number of nitrogens with one attached hydrogen (secondary N) is 1. The van der Waals surface area contributed by atoms with E-state index in [1.807, 2.05) is 30.3 Å². The minimum Gasteiger partial charge on any atom is -0.550 e. The average Bonchev–Trinajstić information content (AvgIpc) is 2.97. The molecule has 0 spiro atoms. The van der Waals surface area contributed by atoms with Crippen molar-refractivity contribution in [3.05, 3.63) is 41.3 Å². The van der Waals surface area contributed by atoms with E-state index in [-0.39, 0.29) is 25.0 Å². The van der Waals surface area contributed by atoms with Crippen molar-refractivity contribution in [1.29, 1.82) is 0 Å². The first-order chi connectivity index (χ1) is 11.5. The smallest absolute Gasteiger partial charge is 0.341 e. The molecule has 0 aliphatic rings. The summed E-state index contributed by atoms with van der Waals surface area (Å²) >= 11 is 1.19. The summed E-state index contributed by atoms with van der Waals surface area (Å²) in [5, 5.41) is 15.1. The normalized spacial score (nSPS) is 10.2. The van der Waals surface area contributed by atoms with E-state index in [2.05, 4.69) is 5.32 Å². The van der Waals surface area contributed by atoms with Gasteiger partial charge in [0.1, 0.15) is 10.6 Å². The summed E-state index contributed by atoms with van der Waals surface area (Å²) in [6.45, 7) is 1.91. The van der Waals surface area contributed by atoms with Crippen LogP contribution in [0.2, 0.25) is 0 Å². The Balaban J connectivity index is 2.31. The third kappa shape index (κ3) is 4.42. The van der Waals surface area contributed by atoms with Gasteiger partial charge >= 0.3 is 5.97 Å². The minimum absolute atomic E-state index is 0.209. The second-order valence-corrected chi connectivity index (χ2v) is 5.74. The molecule has 0 unspecified atom stereocenters. The number of aliphatic carboxylic acids is 1. The van der Waals surface area contributed by atoms with E-state index in [0.29, 0.717) is 10.6 Å². The SMILES string of the molecule is CCOC(=O)c1c(-c2ccccc2)csc1NC(=O)CCC(=O)[O-]. The van der Waals surface area contributed by atoms with Gasteiger partial charge < -0.3 is 20.0 Å². The maximum absolute atomic E-state index is 12.3. The van der Waals surface area contributed by atoms with Crippen LogP contribution in [-0.2, 0) is 14.3 Å². The Morgan fingerprint density at radius 2 is 1.88 bits per heavy atom. The molecular weight excluding hydrogens is 330 g/mol. The molecule has 1 aromatic carbocycles. The molecule has 1 N–H and O–H groups in total. The highest BCUT2D eigenvalue weighted by atomic mass is 32.1. The molecule has 6 nitrogen and oxygen atoms in total. The summed E-state index contributed by atoms with van der Waals surface area (Å²) in [5.41, 5.74) is 1.76. The van der Waals surface area contributed by atoms with Crippen LogP contribution in [0.1, 0.15) is 30.1 Å². The van der Waals surface area contributed by atoms with E-state index in [4.69, 9.17) is 4.74 Å². The van der Waals surface area contributed by atoms with Crippen LogP contribution >= 0.6 is 11.3 Å². The van der Waals surface area contributed by atoms with Gasteiger partial charge in [-0.2, -0.15) is 0 Å². The number of rotatable bonds is 7. The summed E-state index contributed by atoms with van der Waals surface area (Å²) in [7, 11) is 0. The Bertz CT molecular complexity index is 739. The number of hydrogen-bond donors (Lipinski definition) is 1. The van der Waals surface area contributed by atoms with Crippen LogP contribution in [0.15, 0.2) is 35.7 Å². The predicted octanol–water partition coefficient (Wildman–Crippen LogP) is 2.06. The summed E-state index contributed by atoms with van der Waals surface area (Å²) in [5.74, 6) is -2.33. The van der Waals surface area contributed by atoms with Gasteiger partial charge in [0.05, 0.1) is 6.61 Å². The standard InChI is InChI=1S/C17H17NO5S/c1-2-23-17(22)15-12(11-6-4-3-5-7-11)10-24-16(15)18-13(19)8-9-14(20)21/h3-7,10H,2,8-9H2,1H3,(H,18,19)(H,20,21)/p-1. The number of anilines is 1. The number of carbonyl (C=O) groups is 3. The zero-order valence-electron chi connectivity index (χ0n) is 13.0. The zero-order valence-corrected chi connectivity index (χ0v) is 13.9. The average molecular weight is 346 g/mol. The first-order valence-corrected chi connectivity index (χ1v) is 8.24. The van der Waals surface area contributed by atoms with Crippen LogP contribution < -0.4 is 10.4 Å². The lowest BCUT2D eigenvalue weighted by Crippen LogP contribution is -2.24. The van der Waals surface area contributed by atoms with Crippen molar-refractivity contribution in [3.63, 3.8) is 0 Å². The van der Waals surface area contributed by atoms with E-state index >= 15 is 0 Å². The van der Waals surface area contributed by atoms with Crippen molar-refractivity contribution in [2.24, 2.45) is 0 Å².